The van der Waals surface area contributed by atoms with E-state index in [0.29, 0.717) is 11.5 Å². The molecule has 0 unspecified atom stereocenters. The highest BCUT2D eigenvalue weighted by Crippen LogP contribution is 2.34. The number of H-pyrrole nitrogens is 1. The van der Waals surface area contributed by atoms with E-state index in [1.165, 1.54) is 30.4 Å². The van der Waals surface area contributed by atoms with Crippen molar-refractivity contribution < 1.29 is 9.90 Å². The molecule has 2 aromatic carbocycles. The minimum absolute atomic E-state index is 0.188. The summed E-state index contributed by atoms with van der Waals surface area (Å²) in [4.78, 5) is 15.7. The van der Waals surface area contributed by atoms with Crippen molar-refractivity contribution in [2.75, 3.05) is 5.32 Å². The van der Waals surface area contributed by atoms with Crippen molar-refractivity contribution >= 4 is 28.3 Å². The molecular weight excluding hydrogens is 400 g/mol. The van der Waals surface area contributed by atoms with E-state index in [9.17, 15) is 9.90 Å². The Kier molecular flexibility index (Phi) is 5.42. The van der Waals surface area contributed by atoms with Gasteiger partial charge in [0.1, 0.15) is 0 Å². The summed E-state index contributed by atoms with van der Waals surface area (Å²) in [6.07, 6.45) is 8.82. The minimum atomic E-state index is -0.990. The highest BCUT2D eigenvalue weighted by atomic mass is 16.4. The summed E-state index contributed by atoms with van der Waals surface area (Å²) in [6.45, 7) is 0.268. The van der Waals surface area contributed by atoms with Crippen LogP contribution in [0.1, 0.15) is 47.3 Å². The van der Waals surface area contributed by atoms with Gasteiger partial charge in [0.05, 0.1) is 28.7 Å². The van der Waals surface area contributed by atoms with Gasteiger partial charge in [0, 0.05) is 6.20 Å². The summed E-state index contributed by atoms with van der Waals surface area (Å²) in [5, 5.41) is 21.2. The number of allylic oxidation sites excluding steroid dienone is 2. The van der Waals surface area contributed by atoms with Crippen LogP contribution in [0.3, 0.4) is 0 Å². The Labute approximate surface area is 186 Å². The molecule has 2 heterocycles. The Hall–Kier alpha value is -3.93. The van der Waals surface area contributed by atoms with Gasteiger partial charge in [-0.1, -0.05) is 42.5 Å². The van der Waals surface area contributed by atoms with Gasteiger partial charge >= 0.3 is 5.97 Å². The number of hydrogen-bond donors (Lipinski definition) is 3. The summed E-state index contributed by atoms with van der Waals surface area (Å²) in [6, 6.07) is 18.0. The summed E-state index contributed by atoms with van der Waals surface area (Å²) < 4.78 is 0. The fraction of sp³-hybridized carbons (Fsp3) is 0.192. The number of aromatic amines is 1. The van der Waals surface area contributed by atoms with Crippen LogP contribution in [0.15, 0.2) is 66.9 Å². The van der Waals surface area contributed by atoms with Crippen LogP contribution in [0.25, 0.3) is 27.6 Å². The van der Waals surface area contributed by atoms with Gasteiger partial charge in [0.25, 0.3) is 0 Å². The lowest BCUT2D eigenvalue weighted by Crippen LogP contribution is -2.09. The van der Waals surface area contributed by atoms with Crippen molar-refractivity contribution in [2.24, 2.45) is 0 Å². The van der Waals surface area contributed by atoms with Crippen LogP contribution in [0.4, 0.5) is 5.82 Å². The number of pyridine rings is 1. The molecule has 0 atom stereocenters. The molecule has 0 amide bonds. The topological polar surface area (TPSA) is 90.9 Å². The molecule has 6 nitrogen and oxygen atoms in total. The highest BCUT2D eigenvalue weighted by Gasteiger charge is 2.15. The smallest absolute Gasteiger partial charge is 0.337 e. The van der Waals surface area contributed by atoms with Crippen LogP contribution in [-0.2, 0) is 6.54 Å². The van der Waals surface area contributed by atoms with Gasteiger partial charge in [-0.2, -0.15) is 5.10 Å². The van der Waals surface area contributed by atoms with Gasteiger partial charge in [-0.05, 0) is 66.1 Å². The molecule has 0 saturated carbocycles. The van der Waals surface area contributed by atoms with Crippen LogP contribution in [0.5, 0.6) is 0 Å². The number of carboxylic acids is 1. The molecule has 2 aromatic heterocycles. The van der Waals surface area contributed by atoms with Crippen molar-refractivity contribution in [1.29, 1.82) is 0 Å². The zero-order valence-electron chi connectivity index (χ0n) is 17.6. The molecule has 0 spiro atoms. The van der Waals surface area contributed by atoms with E-state index in [4.69, 9.17) is 0 Å². The second-order valence-electron chi connectivity index (χ2n) is 8.01. The number of aromatic nitrogens is 3. The number of carboxylic acid groups (broad SMARTS) is 1. The molecule has 5 rings (SSSR count). The third-order valence-corrected chi connectivity index (χ3v) is 5.99. The zero-order chi connectivity index (χ0) is 21.9. The summed E-state index contributed by atoms with van der Waals surface area (Å²) in [5.41, 5.74) is 6.50. The second kappa shape index (κ2) is 8.67. The highest BCUT2D eigenvalue weighted by molar-refractivity contribution is 6.02. The Morgan fingerprint density at radius 3 is 2.66 bits per heavy atom. The number of aromatic carboxylic acids is 1. The first-order valence-electron chi connectivity index (χ1n) is 10.9. The number of rotatable bonds is 6. The first-order chi connectivity index (χ1) is 15.7. The van der Waals surface area contributed by atoms with E-state index in [1.54, 1.807) is 18.3 Å². The van der Waals surface area contributed by atoms with Gasteiger partial charge < -0.3 is 10.4 Å². The van der Waals surface area contributed by atoms with Crippen LogP contribution in [-0.4, -0.2) is 26.3 Å². The van der Waals surface area contributed by atoms with Crippen molar-refractivity contribution in [3.05, 3.63) is 83.7 Å². The molecule has 1 aliphatic rings. The number of anilines is 1. The molecular formula is C26H24N4O2. The molecule has 0 bridgehead atoms. The lowest BCUT2D eigenvalue weighted by Gasteiger charge is -2.14. The van der Waals surface area contributed by atoms with Crippen molar-refractivity contribution in [2.45, 2.75) is 32.2 Å². The number of nitrogens with zero attached hydrogens (tertiary/aromatic N) is 2. The number of hydrogen-bond acceptors (Lipinski definition) is 4. The Morgan fingerprint density at radius 2 is 1.88 bits per heavy atom. The van der Waals surface area contributed by atoms with E-state index in [0.717, 1.165) is 28.5 Å². The maximum atomic E-state index is 11.5. The Balaban J connectivity index is 1.46. The monoisotopic (exact) mass is 424 g/mol. The van der Waals surface area contributed by atoms with Crippen LogP contribution < -0.4 is 5.32 Å². The maximum Gasteiger partial charge on any atom is 0.337 e. The summed E-state index contributed by atoms with van der Waals surface area (Å²) in [5.74, 6) is -0.313. The van der Waals surface area contributed by atoms with Crippen molar-refractivity contribution in [1.82, 2.24) is 15.2 Å². The third-order valence-electron chi connectivity index (χ3n) is 5.99. The fourth-order valence-electron chi connectivity index (χ4n) is 4.35. The number of benzene rings is 2. The Morgan fingerprint density at radius 1 is 1.03 bits per heavy atom. The molecule has 0 radical (unpaired) electrons. The number of carbonyl (C=O) groups is 1. The van der Waals surface area contributed by atoms with E-state index >= 15 is 0 Å². The molecule has 4 aromatic rings. The average molecular weight is 425 g/mol. The molecule has 160 valence electrons. The lowest BCUT2D eigenvalue weighted by atomic mass is 9.92. The van der Waals surface area contributed by atoms with Gasteiger partial charge in [0.15, 0.2) is 5.82 Å². The predicted molar refractivity (Wildman–Crippen MR) is 126 cm³/mol. The first-order valence-corrected chi connectivity index (χ1v) is 10.9. The van der Waals surface area contributed by atoms with Crippen molar-refractivity contribution in [3.63, 3.8) is 0 Å². The molecule has 32 heavy (non-hydrogen) atoms. The molecule has 3 N–H and O–H groups in total. The maximum absolute atomic E-state index is 11.5. The van der Waals surface area contributed by atoms with E-state index < -0.39 is 5.97 Å². The fourth-order valence-corrected chi connectivity index (χ4v) is 4.35. The number of fused-ring (bicyclic) bond motifs is 1. The van der Waals surface area contributed by atoms with Crippen LogP contribution in [0.2, 0.25) is 0 Å². The Bertz CT molecular complexity index is 1310. The van der Waals surface area contributed by atoms with Crippen molar-refractivity contribution in [3.8, 4) is 11.1 Å². The molecule has 0 fully saturated rings. The third kappa shape index (κ3) is 3.87. The minimum Gasteiger partial charge on any atom is -0.478 e. The van der Waals surface area contributed by atoms with Gasteiger partial charge in [-0.3, -0.25) is 10.1 Å². The first kappa shape index (κ1) is 20.0. The average Bonchev–Trinajstić information content (AvgIpc) is 3.27. The van der Waals surface area contributed by atoms with E-state index in [2.05, 4.69) is 56.9 Å². The molecule has 6 heteroatoms. The summed E-state index contributed by atoms with van der Waals surface area (Å²) in [7, 11) is 0. The molecule has 0 saturated heterocycles. The zero-order valence-corrected chi connectivity index (χ0v) is 17.6. The normalized spacial score (nSPS) is 13.7. The SMILES string of the molecule is O=C(O)c1cccnc1CNc1n[nH]c2cccc(-c3ccc(C4=CCCCC4)cc3)c12. The molecule has 0 aliphatic heterocycles. The van der Waals surface area contributed by atoms with Crippen LogP contribution in [0, 0.1) is 0 Å². The quantitative estimate of drug-likeness (QED) is 0.359. The summed E-state index contributed by atoms with van der Waals surface area (Å²) >= 11 is 0. The van der Waals surface area contributed by atoms with Crippen LogP contribution >= 0.6 is 0 Å². The van der Waals surface area contributed by atoms with Gasteiger partial charge in [-0.15, -0.1) is 0 Å². The standard InChI is InChI=1S/C26H24N4O2/c31-26(32)21-9-5-15-27-23(21)16-28-25-24-20(8-4-10-22(24)29-30-25)19-13-11-18(12-14-19)17-6-2-1-3-7-17/h4-6,8-15H,1-3,7,16H2,(H,31,32)(H2,28,29,30). The van der Waals surface area contributed by atoms with E-state index in [1.807, 2.05) is 12.1 Å². The largest absolute Gasteiger partial charge is 0.478 e. The lowest BCUT2D eigenvalue weighted by molar-refractivity contribution is 0.0695. The predicted octanol–water partition coefficient (Wildman–Crippen LogP) is 5.89. The number of nitrogens with one attached hydrogen (secondary N) is 2. The van der Waals surface area contributed by atoms with E-state index in [-0.39, 0.29) is 12.1 Å². The second-order valence-corrected chi connectivity index (χ2v) is 8.01. The van der Waals surface area contributed by atoms with Gasteiger partial charge in [-0.25, -0.2) is 4.79 Å². The van der Waals surface area contributed by atoms with Gasteiger partial charge in [0.2, 0.25) is 0 Å². The molecule has 1 aliphatic carbocycles.